The van der Waals surface area contributed by atoms with Gasteiger partial charge in [0.1, 0.15) is 5.75 Å². The Morgan fingerprint density at radius 1 is 1.14 bits per heavy atom. The van der Waals surface area contributed by atoms with E-state index in [9.17, 15) is 0 Å². The molecule has 1 aromatic heterocycles. The summed E-state index contributed by atoms with van der Waals surface area (Å²) in [5.74, 6) is 0.927. The molecule has 0 aliphatic heterocycles. The SMILES string of the molecule is CC(C)Oc1ccc(C(C)NCCc2ccnn2C)cc1. The van der Waals surface area contributed by atoms with Crippen molar-refractivity contribution in [3.05, 3.63) is 47.8 Å². The highest BCUT2D eigenvalue weighted by atomic mass is 16.5. The summed E-state index contributed by atoms with van der Waals surface area (Å²) in [4.78, 5) is 0. The molecule has 0 radical (unpaired) electrons. The van der Waals surface area contributed by atoms with E-state index in [4.69, 9.17) is 4.74 Å². The number of ether oxygens (including phenoxy) is 1. The zero-order chi connectivity index (χ0) is 15.2. The van der Waals surface area contributed by atoms with Crippen molar-refractivity contribution in [2.75, 3.05) is 6.54 Å². The van der Waals surface area contributed by atoms with Gasteiger partial charge >= 0.3 is 0 Å². The van der Waals surface area contributed by atoms with E-state index >= 15 is 0 Å². The minimum atomic E-state index is 0.213. The highest BCUT2D eigenvalue weighted by Gasteiger charge is 2.06. The van der Waals surface area contributed by atoms with Gasteiger partial charge < -0.3 is 10.1 Å². The van der Waals surface area contributed by atoms with E-state index in [1.807, 2.05) is 43.9 Å². The van der Waals surface area contributed by atoms with Crippen molar-refractivity contribution in [1.82, 2.24) is 15.1 Å². The van der Waals surface area contributed by atoms with Crippen LogP contribution in [0.3, 0.4) is 0 Å². The summed E-state index contributed by atoms with van der Waals surface area (Å²) in [7, 11) is 1.98. The average Bonchev–Trinajstić information content (AvgIpc) is 2.84. The third kappa shape index (κ3) is 4.60. The zero-order valence-corrected chi connectivity index (χ0v) is 13.3. The fraction of sp³-hybridized carbons (Fsp3) is 0.471. The molecular formula is C17H25N3O. The van der Waals surface area contributed by atoms with Crippen LogP contribution in [0.4, 0.5) is 0 Å². The molecule has 1 atom stereocenters. The number of aryl methyl sites for hydroxylation is 1. The molecule has 0 saturated carbocycles. The molecule has 4 heteroatoms. The van der Waals surface area contributed by atoms with E-state index in [0.29, 0.717) is 6.04 Å². The van der Waals surface area contributed by atoms with Crippen molar-refractivity contribution >= 4 is 0 Å². The number of nitrogens with zero attached hydrogens (tertiary/aromatic N) is 2. The molecule has 0 amide bonds. The number of benzene rings is 1. The molecule has 2 aromatic rings. The number of aromatic nitrogens is 2. The topological polar surface area (TPSA) is 39.1 Å². The van der Waals surface area contributed by atoms with E-state index in [2.05, 4.69) is 35.5 Å². The number of nitrogens with one attached hydrogen (secondary N) is 1. The predicted octanol–water partition coefficient (Wildman–Crippen LogP) is 3.10. The lowest BCUT2D eigenvalue weighted by Gasteiger charge is -2.15. The van der Waals surface area contributed by atoms with Gasteiger partial charge in [0.25, 0.3) is 0 Å². The number of rotatable bonds is 7. The Balaban J connectivity index is 1.82. The Labute approximate surface area is 127 Å². The normalized spacial score (nSPS) is 12.6. The molecule has 0 aliphatic rings. The van der Waals surface area contributed by atoms with Crippen LogP contribution in [0.1, 0.15) is 38.1 Å². The van der Waals surface area contributed by atoms with Gasteiger partial charge in [0, 0.05) is 37.9 Å². The fourth-order valence-electron chi connectivity index (χ4n) is 2.29. The predicted molar refractivity (Wildman–Crippen MR) is 85.5 cm³/mol. The molecule has 1 unspecified atom stereocenters. The molecular weight excluding hydrogens is 262 g/mol. The van der Waals surface area contributed by atoms with Gasteiger partial charge in [-0.25, -0.2) is 0 Å². The van der Waals surface area contributed by atoms with Crippen LogP contribution in [-0.4, -0.2) is 22.4 Å². The van der Waals surface area contributed by atoms with Crippen molar-refractivity contribution < 1.29 is 4.74 Å². The van der Waals surface area contributed by atoms with E-state index in [0.717, 1.165) is 18.7 Å². The largest absolute Gasteiger partial charge is 0.491 e. The van der Waals surface area contributed by atoms with Gasteiger partial charge in [0.15, 0.2) is 0 Å². The van der Waals surface area contributed by atoms with Gasteiger partial charge in [0.2, 0.25) is 0 Å². The molecule has 114 valence electrons. The van der Waals surface area contributed by atoms with Crippen molar-refractivity contribution in [2.45, 2.75) is 39.3 Å². The quantitative estimate of drug-likeness (QED) is 0.850. The first-order valence-corrected chi connectivity index (χ1v) is 7.53. The summed E-state index contributed by atoms with van der Waals surface area (Å²) in [6.07, 6.45) is 3.03. The summed E-state index contributed by atoms with van der Waals surface area (Å²) in [5.41, 5.74) is 2.52. The van der Waals surface area contributed by atoms with Gasteiger partial charge in [-0.3, -0.25) is 4.68 Å². The molecule has 0 saturated heterocycles. The Bertz CT molecular complexity index is 545. The smallest absolute Gasteiger partial charge is 0.119 e. The molecule has 1 aromatic carbocycles. The molecule has 0 bridgehead atoms. The van der Waals surface area contributed by atoms with Gasteiger partial charge in [0.05, 0.1) is 6.10 Å². The second kappa shape index (κ2) is 7.27. The Morgan fingerprint density at radius 3 is 2.43 bits per heavy atom. The van der Waals surface area contributed by atoms with Crippen LogP contribution in [0.5, 0.6) is 5.75 Å². The first-order chi connectivity index (χ1) is 10.1. The summed E-state index contributed by atoms with van der Waals surface area (Å²) in [5, 5.41) is 7.72. The average molecular weight is 287 g/mol. The van der Waals surface area contributed by atoms with Crippen LogP contribution in [-0.2, 0) is 13.5 Å². The van der Waals surface area contributed by atoms with E-state index in [1.54, 1.807) is 0 Å². The lowest BCUT2D eigenvalue weighted by molar-refractivity contribution is 0.242. The lowest BCUT2D eigenvalue weighted by atomic mass is 10.1. The third-order valence-electron chi connectivity index (χ3n) is 3.51. The maximum Gasteiger partial charge on any atom is 0.119 e. The summed E-state index contributed by atoms with van der Waals surface area (Å²) >= 11 is 0. The Morgan fingerprint density at radius 2 is 1.86 bits per heavy atom. The standard InChI is InChI=1S/C17H25N3O/c1-13(2)21-17-7-5-15(6-8-17)14(3)18-11-9-16-10-12-19-20(16)4/h5-8,10,12-14,18H,9,11H2,1-4H3. The monoisotopic (exact) mass is 287 g/mol. The molecule has 1 N–H and O–H groups in total. The first kappa shape index (κ1) is 15.6. The number of hydrogen-bond donors (Lipinski definition) is 1. The highest BCUT2D eigenvalue weighted by Crippen LogP contribution is 2.18. The second-order valence-electron chi connectivity index (χ2n) is 5.61. The Kier molecular flexibility index (Phi) is 5.39. The highest BCUT2D eigenvalue weighted by molar-refractivity contribution is 5.29. The van der Waals surface area contributed by atoms with Crippen molar-refractivity contribution in [3.63, 3.8) is 0 Å². The molecule has 21 heavy (non-hydrogen) atoms. The fourth-order valence-corrected chi connectivity index (χ4v) is 2.29. The second-order valence-corrected chi connectivity index (χ2v) is 5.61. The summed E-state index contributed by atoms with van der Waals surface area (Å²) in [6, 6.07) is 10.7. The van der Waals surface area contributed by atoms with Crippen molar-refractivity contribution in [2.24, 2.45) is 7.05 Å². The van der Waals surface area contributed by atoms with E-state index in [1.165, 1.54) is 11.3 Å². The van der Waals surface area contributed by atoms with Crippen LogP contribution < -0.4 is 10.1 Å². The summed E-state index contributed by atoms with van der Waals surface area (Å²) in [6.45, 7) is 7.19. The van der Waals surface area contributed by atoms with Crippen LogP contribution in [0.15, 0.2) is 36.5 Å². The van der Waals surface area contributed by atoms with Crippen LogP contribution >= 0.6 is 0 Å². The Hall–Kier alpha value is -1.81. The van der Waals surface area contributed by atoms with Gasteiger partial charge in [-0.1, -0.05) is 12.1 Å². The maximum absolute atomic E-state index is 5.66. The van der Waals surface area contributed by atoms with E-state index < -0.39 is 0 Å². The van der Waals surface area contributed by atoms with Gasteiger partial charge in [-0.05, 0) is 44.5 Å². The molecule has 0 spiro atoms. The van der Waals surface area contributed by atoms with Crippen LogP contribution in [0.2, 0.25) is 0 Å². The van der Waals surface area contributed by atoms with Gasteiger partial charge in [-0.15, -0.1) is 0 Å². The van der Waals surface area contributed by atoms with Gasteiger partial charge in [-0.2, -0.15) is 5.10 Å². The van der Waals surface area contributed by atoms with Crippen LogP contribution in [0.25, 0.3) is 0 Å². The zero-order valence-electron chi connectivity index (χ0n) is 13.3. The third-order valence-corrected chi connectivity index (χ3v) is 3.51. The molecule has 4 nitrogen and oxygen atoms in total. The van der Waals surface area contributed by atoms with Crippen molar-refractivity contribution in [1.29, 1.82) is 0 Å². The van der Waals surface area contributed by atoms with E-state index in [-0.39, 0.29) is 6.10 Å². The molecule has 1 heterocycles. The molecule has 2 rings (SSSR count). The minimum absolute atomic E-state index is 0.213. The number of hydrogen-bond acceptors (Lipinski definition) is 3. The maximum atomic E-state index is 5.66. The summed E-state index contributed by atoms with van der Waals surface area (Å²) < 4.78 is 7.58. The van der Waals surface area contributed by atoms with Crippen molar-refractivity contribution in [3.8, 4) is 5.75 Å². The molecule has 0 fully saturated rings. The van der Waals surface area contributed by atoms with Crippen LogP contribution in [0, 0.1) is 0 Å². The lowest BCUT2D eigenvalue weighted by Crippen LogP contribution is -2.22. The minimum Gasteiger partial charge on any atom is -0.491 e. The molecule has 0 aliphatic carbocycles. The first-order valence-electron chi connectivity index (χ1n) is 7.53.